The lowest BCUT2D eigenvalue weighted by atomic mass is 10.0. The third-order valence-electron chi connectivity index (χ3n) is 3.99. The van der Waals surface area contributed by atoms with Gasteiger partial charge in [0, 0.05) is 17.8 Å². The van der Waals surface area contributed by atoms with Crippen molar-refractivity contribution in [1.82, 2.24) is 5.32 Å². The molecular weight excluding hydrogens is 238 g/mol. The summed E-state index contributed by atoms with van der Waals surface area (Å²) in [6.07, 6.45) is 4.68. The lowest BCUT2D eigenvalue weighted by molar-refractivity contribution is 0.494. The van der Waals surface area contributed by atoms with Crippen LogP contribution in [0, 0.1) is 13.8 Å². The molecule has 18 heavy (non-hydrogen) atoms. The zero-order valence-electron chi connectivity index (χ0n) is 12.5. The van der Waals surface area contributed by atoms with Gasteiger partial charge >= 0.3 is 0 Å². The van der Waals surface area contributed by atoms with Gasteiger partial charge in [-0.3, -0.25) is 0 Å². The van der Waals surface area contributed by atoms with Crippen LogP contribution in [0.3, 0.4) is 0 Å². The Labute approximate surface area is 117 Å². The summed E-state index contributed by atoms with van der Waals surface area (Å²) in [7, 11) is 0. The average molecular weight is 265 g/mol. The van der Waals surface area contributed by atoms with Crippen LogP contribution < -0.4 is 5.32 Å². The number of rotatable bonds is 7. The second-order valence-corrected chi connectivity index (χ2v) is 6.40. The minimum absolute atomic E-state index is 0.401. The van der Waals surface area contributed by atoms with Crippen molar-refractivity contribution in [3.05, 3.63) is 34.9 Å². The van der Waals surface area contributed by atoms with E-state index in [1.165, 1.54) is 29.5 Å². The Morgan fingerprint density at radius 2 is 1.83 bits per heavy atom. The largest absolute Gasteiger partial charge is 0.311 e. The molecule has 0 saturated heterocycles. The summed E-state index contributed by atoms with van der Waals surface area (Å²) in [5, 5.41) is 3.64. The molecule has 0 radical (unpaired) electrons. The van der Waals surface area contributed by atoms with Gasteiger partial charge in [-0.15, -0.1) is 0 Å². The molecular formula is C16H27NS. The van der Waals surface area contributed by atoms with E-state index in [1.807, 2.05) is 11.8 Å². The predicted octanol–water partition coefficient (Wildman–Crippen LogP) is 4.31. The zero-order valence-corrected chi connectivity index (χ0v) is 13.3. The second-order valence-electron chi connectivity index (χ2n) is 5.13. The van der Waals surface area contributed by atoms with Crippen LogP contribution in [-0.4, -0.2) is 17.5 Å². The van der Waals surface area contributed by atoms with Crippen LogP contribution in [0.2, 0.25) is 0 Å². The Kier molecular flexibility index (Phi) is 6.24. The molecule has 1 N–H and O–H groups in total. The van der Waals surface area contributed by atoms with Crippen LogP contribution in [-0.2, 0) is 6.54 Å². The first kappa shape index (κ1) is 15.6. The highest BCUT2D eigenvalue weighted by atomic mass is 32.2. The Bertz CT molecular complexity index is 361. The summed E-state index contributed by atoms with van der Waals surface area (Å²) in [5.74, 6) is 0. The van der Waals surface area contributed by atoms with Gasteiger partial charge in [-0.25, -0.2) is 0 Å². The van der Waals surface area contributed by atoms with Crippen LogP contribution in [0.1, 0.15) is 43.4 Å². The highest BCUT2D eigenvalue weighted by Crippen LogP contribution is 2.29. The Morgan fingerprint density at radius 3 is 2.39 bits per heavy atom. The summed E-state index contributed by atoms with van der Waals surface area (Å²) in [6.45, 7) is 11.0. The maximum absolute atomic E-state index is 3.64. The molecule has 0 saturated carbocycles. The Hall–Kier alpha value is -0.470. The van der Waals surface area contributed by atoms with E-state index in [4.69, 9.17) is 0 Å². The first-order valence-electron chi connectivity index (χ1n) is 6.89. The standard InChI is InChI=1S/C16H27NS/c1-6-16(7-2,18-5)12-17-11-15-10-13(3)8-9-14(15)4/h8-10,17H,6-7,11-12H2,1-5H3. The van der Waals surface area contributed by atoms with Gasteiger partial charge in [-0.1, -0.05) is 37.6 Å². The highest BCUT2D eigenvalue weighted by Gasteiger charge is 2.23. The fourth-order valence-corrected chi connectivity index (χ4v) is 3.10. The molecule has 0 aromatic heterocycles. The predicted molar refractivity (Wildman–Crippen MR) is 84.5 cm³/mol. The van der Waals surface area contributed by atoms with E-state index in [1.54, 1.807) is 0 Å². The lowest BCUT2D eigenvalue weighted by Crippen LogP contribution is -2.36. The summed E-state index contributed by atoms with van der Waals surface area (Å²) in [5.41, 5.74) is 4.16. The summed E-state index contributed by atoms with van der Waals surface area (Å²) < 4.78 is 0.401. The van der Waals surface area contributed by atoms with E-state index in [0.717, 1.165) is 13.1 Å². The lowest BCUT2D eigenvalue weighted by Gasteiger charge is -2.30. The van der Waals surface area contributed by atoms with Gasteiger partial charge in [-0.05, 0) is 44.1 Å². The molecule has 1 aromatic carbocycles. The molecule has 102 valence electrons. The number of benzene rings is 1. The maximum atomic E-state index is 3.64. The Balaban J connectivity index is 2.57. The van der Waals surface area contributed by atoms with Crippen molar-refractivity contribution in [3.8, 4) is 0 Å². The Morgan fingerprint density at radius 1 is 1.17 bits per heavy atom. The topological polar surface area (TPSA) is 12.0 Å². The molecule has 0 amide bonds. The van der Waals surface area contributed by atoms with Crippen molar-refractivity contribution in [3.63, 3.8) is 0 Å². The molecule has 1 rings (SSSR count). The summed E-state index contributed by atoms with van der Waals surface area (Å²) in [6, 6.07) is 6.69. The zero-order chi connectivity index (χ0) is 13.6. The highest BCUT2D eigenvalue weighted by molar-refractivity contribution is 8.00. The fourth-order valence-electron chi connectivity index (χ4n) is 2.28. The van der Waals surface area contributed by atoms with Crippen LogP contribution in [0.4, 0.5) is 0 Å². The normalized spacial score (nSPS) is 11.8. The van der Waals surface area contributed by atoms with Crippen molar-refractivity contribution in [2.45, 2.75) is 51.8 Å². The van der Waals surface area contributed by atoms with Crippen LogP contribution in [0.5, 0.6) is 0 Å². The molecule has 0 bridgehead atoms. The van der Waals surface area contributed by atoms with Crippen molar-refractivity contribution < 1.29 is 0 Å². The van der Waals surface area contributed by atoms with Crippen LogP contribution in [0.25, 0.3) is 0 Å². The molecule has 1 nitrogen and oxygen atoms in total. The molecule has 0 aliphatic heterocycles. The first-order chi connectivity index (χ1) is 8.56. The molecule has 0 aliphatic carbocycles. The SMILES string of the molecule is CCC(CC)(CNCc1cc(C)ccc1C)SC. The average Bonchev–Trinajstić information content (AvgIpc) is 2.39. The molecule has 0 spiro atoms. The second kappa shape index (κ2) is 7.20. The van der Waals surface area contributed by atoms with Crippen molar-refractivity contribution in [1.29, 1.82) is 0 Å². The minimum atomic E-state index is 0.401. The monoisotopic (exact) mass is 265 g/mol. The fraction of sp³-hybridized carbons (Fsp3) is 0.625. The number of hydrogen-bond donors (Lipinski definition) is 1. The van der Waals surface area contributed by atoms with Crippen LogP contribution in [0.15, 0.2) is 18.2 Å². The quantitative estimate of drug-likeness (QED) is 0.788. The molecule has 1 aromatic rings. The van der Waals surface area contributed by atoms with Crippen molar-refractivity contribution in [2.24, 2.45) is 0 Å². The van der Waals surface area contributed by atoms with E-state index in [-0.39, 0.29) is 0 Å². The van der Waals surface area contributed by atoms with Gasteiger partial charge in [0.25, 0.3) is 0 Å². The molecule has 0 atom stereocenters. The van der Waals surface area contributed by atoms with E-state index < -0.39 is 0 Å². The minimum Gasteiger partial charge on any atom is -0.311 e. The molecule has 0 heterocycles. The van der Waals surface area contributed by atoms with Gasteiger partial charge in [0.1, 0.15) is 0 Å². The molecule has 2 heteroatoms. The van der Waals surface area contributed by atoms with Gasteiger partial charge in [0.15, 0.2) is 0 Å². The van der Waals surface area contributed by atoms with E-state index in [0.29, 0.717) is 4.75 Å². The molecule has 0 unspecified atom stereocenters. The van der Waals surface area contributed by atoms with Crippen molar-refractivity contribution >= 4 is 11.8 Å². The van der Waals surface area contributed by atoms with E-state index in [9.17, 15) is 0 Å². The summed E-state index contributed by atoms with van der Waals surface area (Å²) >= 11 is 2.00. The number of thioether (sulfide) groups is 1. The van der Waals surface area contributed by atoms with E-state index in [2.05, 4.69) is 57.5 Å². The van der Waals surface area contributed by atoms with Gasteiger partial charge in [-0.2, -0.15) is 11.8 Å². The smallest absolute Gasteiger partial charge is 0.0276 e. The van der Waals surface area contributed by atoms with Gasteiger partial charge in [0.2, 0.25) is 0 Å². The maximum Gasteiger partial charge on any atom is 0.0276 e. The number of hydrogen-bond acceptors (Lipinski definition) is 2. The van der Waals surface area contributed by atoms with E-state index >= 15 is 0 Å². The first-order valence-corrected chi connectivity index (χ1v) is 8.11. The molecule has 0 aliphatic rings. The number of aryl methyl sites for hydroxylation is 2. The molecule has 0 fully saturated rings. The van der Waals surface area contributed by atoms with Gasteiger partial charge < -0.3 is 5.32 Å². The van der Waals surface area contributed by atoms with Crippen molar-refractivity contribution in [2.75, 3.05) is 12.8 Å². The van der Waals surface area contributed by atoms with Gasteiger partial charge in [0.05, 0.1) is 0 Å². The third kappa shape index (κ3) is 4.03. The number of nitrogens with one attached hydrogen (secondary N) is 1. The van der Waals surface area contributed by atoms with Crippen LogP contribution >= 0.6 is 11.8 Å². The third-order valence-corrected chi connectivity index (χ3v) is 5.58. The summed E-state index contributed by atoms with van der Waals surface area (Å²) in [4.78, 5) is 0.